The molecule has 11 rings (SSSR count). The van der Waals surface area contributed by atoms with Crippen molar-refractivity contribution in [3.8, 4) is 22.9 Å². The Hall–Kier alpha value is -5.99. The predicted octanol–water partition coefficient (Wildman–Crippen LogP) is 24.6. The Balaban J connectivity index is 0.000000692. The van der Waals surface area contributed by atoms with Crippen LogP contribution in [-0.2, 0) is 69.8 Å². The van der Waals surface area contributed by atoms with Gasteiger partial charge < -0.3 is 19.3 Å². The molecule has 1 fully saturated rings. The van der Waals surface area contributed by atoms with E-state index < -0.39 is 0 Å². The van der Waals surface area contributed by atoms with Crippen LogP contribution in [0.2, 0.25) is 0 Å². The van der Waals surface area contributed by atoms with Gasteiger partial charge in [-0.3, -0.25) is 0 Å². The number of aromatic nitrogens is 2. The molecule has 94 heavy (non-hydrogen) atoms. The third-order valence-electron chi connectivity index (χ3n) is 18.9. The van der Waals surface area contributed by atoms with Crippen LogP contribution in [0.5, 0.6) is 11.5 Å². The number of hydrogen-bond donors (Lipinski definition) is 2. The normalized spacial score (nSPS) is 15.8. The van der Waals surface area contributed by atoms with Gasteiger partial charge >= 0.3 is 0 Å². The Kier molecular flexibility index (Phi) is 23.6. The monoisotopic (exact) mass is 1460 g/mol. The zero-order valence-electron chi connectivity index (χ0n) is 59.8. The van der Waals surface area contributed by atoms with Crippen LogP contribution in [0, 0.1) is 13.8 Å². The molecule has 8 aromatic carbocycles. The van der Waals surface area contributed by atoms with Crippen molar-refractivity contribution in [2.24, 2.45) is 0 Å². The van der Waals surface area contributed by atoms with Crippen molar-refractivity contribution in [2.75, 3.05) is 0 Å². The van der Waals surface area contributed by atoms with Crippen LogP contribution in [0.3, 0.4) is 0 Å². The average molecular weight is 1460 g/mol. The van der Waals surface area contributed by atoms with Crippen molar-refractivity contribution in [3.05, 3.63) is 227 Å². The van der Waals surface area contributed by atoms with Crippen molar-refractivity contribution in [1.82, 2.24) is 9.13 Å². The van der Waals surface area contributed by atoms with Crippen LogP contribution in [0.15, 0.2) is 158 Å². The van der Waals surface area contributed by atoms with Gasteiger partial charge in [-0.25, -0.2) is 0 Å². The van der Waals surface area contributed by atoms with E-state index in [-0.39, 0.29) is 86.7 Å². The first-order valence-corrected chi connectivity index (χ1v) is 36.8. The maximum Gasteiger partial charge on any atom is 0.143 e. The average Bonchev–Trinajstić information content (AvgIpc) is 1.57. The molecule has 2 heterocycles. The summed E-state index contributed by atoms with van der Waals surface area (Å²) < 4.78 is 4.67. The number of benzene rings is 8. The largest absolute Gasteiger partial charge is 0.505 e. The van der Waals surface area contributed by atoms with Crippen molar-refractivity contribution < 1.29 is 36.1 Å². The van der Waals surface area contributed by atoms with E-state index in [2.05, 4.69) is 245 Å². The van der Waals surface area contributed by atoms with E-state index in [4.69, 9.17) is 11.7 Å². The van der Waals surface area contributed by atoms with Crippen LogP contribution in [0.25, 0.3) is 55.0 Å². The molecule has 1 aliphatic carbocycles. The zero-order chi connectivity index (χ0) is 67.2. The van der Waals surface area contributed by atoms with Crippen molar-refractivity contribution in [2.45, 2.75) is 225 Å². The molecule has 0 amide bonds. The molecule has 7 heteroatoms. The molecule has 2 N–H and O–H groups in total. The van der Waals surface area contributed by atoms with Gasteiger partial charge in [0.05, 0.1) is 33.4 Å². The number of fused-ring (bicyclic) bond motifs is 6. The molecular weight excluding hydrogens is 1350 g/mol. The molecule has 1 aliphatic rings. The van der Waals surface area contributed by atoms with Crippen LogP contribution in [-0.4, -0.2) is 41.6 Å². The summed E-state index contributed by atoms with van der Waals surface area (Å²) in [7, 11) is -0.672. The molecular formula is C87H112HfN2O2S2-2. The molecule has 0 saturated heterocycles. The first-order chi connectivity index (χ1) is 42.9. The summed E-state index contributed by atoms with van der Waals surface area (Å²) in [5.41, 5.74) is 17.4. The second-order valence-corrected chi connectivity index (χ2v) is 36.4. The van der Waals surface area contributed by atoms with Gasteiger partial charge in [0.25, 0.3) is 0 Å². The third kappa shape index (κ3) is 17.0. The molecule has 0 radical (unpaired) electrons. The predicted molar refractivity (Wildman–Crippen MR) is 418 cm³/mol. The Bertz CT molecular complexity index is 3890. The van der Waals surface area contributed by atoms with Gasteiger partial charge in [-0.05, 0) is 139 Å². The van der Waals surface area contributed by atoms with Crippen molar-refractivity contribution >= 4 is 76.3 Å². The quantitative estimate of drug-likeness (QED) is 0.0905. The van der Waals surface area contributed by atoms with Crippen LogP contribution >= 0.6 is 21.0 Å². The van der Waals surface area contributed by atoms with Gasteiger partial charge in [0, 0.05) is 80.5 Å². The summed E-state index contributed by atoms with van der Waals surface area (Å²) in [5.74, 6) is 12.3. The Labute approximate surface area is 592 Å². The number of nitrogens with zero attached hydrogens (tertiary/aromatic N) is 2. The summed E-state index contributed by atoms with van der Waals surface area (Å²) >= 11 is 0. The maximum atomic E-state index is 12.9. The number of phenolic OH excluding ortho intramolecular Hbond substituents is 2. The molecule has 10 aromatic rings. The molecule has 1 saturated carbocycles. The smallest absolute Gasteiger partial charge is 0.143 e. The number of aromatic hydroxyl groups is 2. The SMILES string of the molecule is C.C=S(Cc1cc(C(C)(C)C)cc(-n2c3ccc(C(C)(C)C)cc3c3cc(C(C)(C)C)ccc32)c1O)C1CCCCCCC1S(=C)Cc1cc(C(C)(C)C)cc(-n2c3ccc(C(C)(C)C)cc3c3cc(C(C)(C)C)ccc32)c1O.[CH2-]c1ccccc1.[CH2-]c1ccccc1.[Hf]. The second kappa shape index (κ2) is 29.4. The molecule has 0 spiro atoms. The van der Waals surface area contributed by atoms with E-state index in [1.165, 1.54) is 80.6 Å². The van der Waals surface area contributed by atoms with E-state index in [1.54, 1.807) is 0 Å². The minimum Gasteiger partial charge on any atom is -0.505 e. The summed E-state index contributed by atoms with van der Waals surface area (Å²) in [6.45, 7) is 48.6. The first-order valence-electron chi connectivity index (χ1n) is 33.6. The Morgan fingerprint density at radius 1 is 0.372 bits per heavy atom. The molecule has 0 aliphatic heterocycles. The molecule has 4 nitrogen and oxygen atoms in total. The first kappa shape index (κ1) is 75.4. The molecule has 500 valence electrons. The molecule has 0 bridgehead atoms. The summed E-state index contributed by atoms with van der Waals surface area (Å²) in [6, 6.07) is 56.6. The van der Waals surface area contributed by atoms with Crippen LogP contribution in [0.4, 0.5) is 0 Å². The van der Waals surface area contributed by atoms with E-state index in [9.17, 15) is 10.2 Å². The fourth-order valence-corrected chi connectivity index (χ4v) is 17.7. The van der Waals surface area contributed by atoms with Gasteiger partial charge in [-0.2, -0.15) is 70.2 Å². The minimum absolute atomic E-state index is 0. The minimum atomic E-state index is -0.336. The van der Waals surface area contributed by atoms with Gasteiger partial charge in [0.15, 0.2) is 0 Å². The van der Waals surface area contributed by atoms with Crippen molar-refractivity contribution in [3.63, 3.8) is 0 Å². The number of phenols is 2. The van der Waals surface area contributed by atoms with E-state index >= 15 is 0 Å². The standard InChI is InChI=1S/C72H94N2O2S2.2C7H7.CH4.Hf/c1-67(2,3)47-27-31-57-53(37-47)54-38-48(68(4,5)6)28-32-58(54)73(57)61-41-51(71(13,14)15)35-45(65(61)75)43-77(19)63-25-23-21-22-24-26-64(63)78(20)44-46-36-52(72(16,17)18)42-62(66(46)76)74-59-33-29-49(69(7,8)9)39-55(59)56-40-50(70(10,11)12)30-34-60(56)74;2*1-7-5-3-2-4-6-7;;/h27-42,63-64,75-76H,19-26,43-44H2,1-18H3;2*2-6H,1H2;1H4;/q;2*-1;;. The van der Waals surface area contributed by atoms with Crippen LogP contribution in [0.1, 0.15) is 226 Å². The van der Waals surface area contributed by atoms with E-state index in [0.29, 0.717) is 33.5 Å². The zero-order valence-corrected chi connectivity index (χ0v) is 65.0. The Morgan fingerprint density at radius 3 is 0.851 bits per heavy atom. The van der Waals surface area contributed by atoms with Crippen LogP contribution < -0.4 is 0 Å². The van der Waals surface area contributed by atoms with Crippen molar-refractivity contribution in [1.29, 1.82) is 0 Å². The fourth-order valence-electron chi connectivity index (χ4n) is 13.0. The van der Waals surface area contributed by atoms with Gasteiger partial charge in [0.1, 0.15) is 11.5 Å². The Morgan fingerprint density at radius 2 is 0.628 bits per heavy atom. The third-order valence-corrected chi connectivity index (χ3v) is 23.3. The summed E-state index contributed by atoms with van der Waals surface area (Å²) in [5, 5.41) is 31.4. The maximum absolute atomic E-state index is 12.9. The molecule has 4 unspecified atom stereocenters. The fraction of sp³-hybridized carbons (Fsp3) is 0.402. The van der Waals surface area contributed by atoms with E-state index in [1.807, 2.05) is 60.7 Å². The van der Waals surface area contributed by atoms with Gasteiger partial charge in [-0.15, -0.1) is 24.3 Å². The number of rotatable bonds is 8. The topological polar surface area (TPSA) is 50.3 Å². The van der Waals surface area contributed by atoms with E-state index in [0.717, 1.165) is 68.5 Å². The van der Waals surface area contributed by atoms with Gasteiger partial charge in [-0.1, -0.05) is 218 Å². The second-order valence-electron chi connectivity index (χ2n) is 32.5. The summed E-state index contributed by atoms with van der Waals surface area (Å²) in [4.78, 5) is 0. The molecule has 4 atom stereocenters. The van der Waals surface area contributed by atoms with Gasteiger partial charge in [0.2, 0.25) is 0 Å². The molecule has 2 aromatic heterocycles. The summed E-state index contributed by atoms with van der Waals surface area (Å²) in [6.07, 6.45) is 6.98. The number of hydrogen-bond acceptors (Lipinski definition) is 2.